The number of aromatic amines is 1. The predicted octanol–water partition coefficient (Wildman–Crippen LogP) is 3.89. The molecule has 1 aromatic heterocycles. The summed E-state index contributed by atoms with van der Waals surface area (Å²) in [6.45, 7) is 7.32. The Morgan fingerprint density at radius 3 is 2.50 bits per heavy atom. The minimum absolute atomic E-state index is 0.0198. The van der Waals surface area contributed by atoms with Crippen LogP contribution in [0.1, 0.15) is 47.1 Å². The van der Waals surface area contributed by atoms with E-state index in [4.69, 9.17) is 0 Å². The largest absolute Gasteiger partial charge is 0.358 e. The molecule has 4 rings (SSSR count). The van der Waals surface area contributed by atoms with Crippen molar-refractivity contribution in [1.82, 2.24) is 14.8 Å². The van der Waals surface area contributed by atoms with Crippen molar-refractivity contribution >= 4 is 22.7 Å². The molecule has 2 amide bonds. The first-order chi connectivity index (χ1) is 13.6. The number of amides is 2. The summed E-state index contributed by atoms with van der Waals surface area (Å²) >= 11 is 0. The van der Waals surface area contributed by atoms with Crippen LogP contribution in [0.5, 0.6) is 0 Å². The maximum Gasteiger partial charge on any atom is 0.255 e. The van der Waals surface area contributed by atoms with Crippen molar-refractivity contribution in [1.29, 1.82) is 0 Å². The summed E-state index contributed by atoms with van der Waals surface area (Å²) in [5.74, 6) is -0.0977. The third-order valence-corrected chi connectivity index (χ3v) is 5.70. The highest BCUT2D eigenvalue weighted by atomic mass is 16.2. The van der Waals surface area contributed by atoms with Gasteiger partial charge >= 0.3 is 0 Å². The number of para-hydroxylation sites is 1. The van der Waals surface area contributed by atoms with Gasteiger partial charge in [-0.3, -0.25) is 9.59 Å². The molecule has 2 heterocycles. The van der Waals surface area contributed by atoms with Gasteiger partial charge in [0.2, 0.25) is 5.91 Å². The van der Waals surface area contributed by atoms with Crippen molar-refractivity contribution in [3.8, 4) is 0 Å². The van der Waals surface area contributed by atoms with Gasteiger partial charge < -0.3 is 14.8 Å². The molecule has 1 atom stereocenters. The van der Waals surface area contributed by atoms with Crippen LogP contribution in [0.25, 0.3) is 10.9 Å². The molecule has 5 nitrogen and oxygen atoms in total. The predicted molar refractivity (Wildman–Crippen MR) is 110 cm³/mol. The molecule has 0 fully saturated rings. The lowest BCUT2D eigenvalue weighted by Crippen LogP contribution is -2.42. The summed E-state index contributed by atoms with van der Waals surface area (Å²) in [4.78, 5) is 33.0. The number of aryl methyl sites for hydroxylation is 1. The third-order valence-electron chi connectivity index (χ3n) is 5.70. The van der Waals surface area contributed by atoms with E-state index >= 15 is 0 Å². The monoisotopic (exact) mass is 375 g/mol. The van der Waals surface area contributed by atoms with E-state index in [0.29, 0.717) is 18.7 Å². The number of likely N-dealkylation sites (N-methyl/N-ethyl adjacent to an activating group) is 1. The van der Waals surface area contributed by atoms with Crippen molar-refractivity contribution in [3.05, 3.63) is 70.9 Å². The number of nitrogens with zero attached hydrogens (tertiary/aromatic N) is 2. The average Bonchev–Trinajstić information content (AvgIpc) is 3.17. The molecule has 0 spiro atoms. The second-order valence-electron chi connectivity index (χ2n) is 7.20. The number of rotatable bonds is 5. The van der Waals surface area contributed by atoms with E-state index in [-0.39, 0.29) is 24.4 Å². The Hall–Kier alpha value is -3.08. The highest BCUT2D eigenvalue weighted by Crippen LogP contribution is 2.42. The van der Waals surface area contributed by atoms with E-state index in [1.807, 2.05) is 63.2 Å². The van der Waals surface area contributed by atoms with E-state index in [2.05, 4.69) is 11.1 Å². The second kappa shape index (κ2) is 7.15. The zero-order valence-electron chi connectivity index (χ0n) is 16.5. The van der Waals surface area contributed by atoms with E-state index in [1.165, 1.54) is 0 Å². The van der Waals surface area contributed by atoms with Gasteiger partial charge in [0.05, 0.1) is 6.04 Å². The van der Waals surface area contributed by atoms with E-state index < -0.39 is 0 Å². The molecule has 5 heteroatoms. The SMILES string of the molecule is CCN(CC)C(=O)CN1C(=O)c2ccccc2[C@H]1c1c(C)[nH]c2ccccc12. The first kappa shape index (κ1) is 18.3. The molecule has 0 radical (unpaired) electrons. The van der Waals surface area contributed by atoms with Gasteiger partial charge in [-0.2, -0.15) is 0 Å². The van der Waals surface area contributed by atoms with Crippen LogP contribution in [-0.2, 0) is 4.79 Å². The Morgan fingerprint density at radius 2 is 1.75 bits per heavy atom. The van der Waals surface area contributed by atoms with Gasteiger partial charge in [-0.25, -0.2) is 0 Å². The molecule has 1 aliphatic rings. The van der Waals surface area contributed by atoms with Crippen molar-refractivity contribution in [2.24, 2.45) is 0 Å². The van der Waals surface area contributed by atoms with E-state index in [9.17, 15) is 9.59 Å². The van der Waals surface area contributed by atoms with Gasteiger partial charge in [-0.05, 0) is 38.5 Å². The van der Waals surface area contributed by atoms with E-state index in [1.54, 1.807) is 9.80 Å². The lowest BCUT2D eigenvalue weighted by Gasteiger charge is -2.28. The van der Waals surface area contributed by atoms with Gasteiger partial charge in [0, 0.05) is 40.8 Å². The smallest absolute Gasteiger partial charge is 0.255 e. The molecule has 0 bridgehead atoms. The highest BCUT2D eigenvalue weighted by Gasteiger charge is 2.40. The summed E-state index contributed by atoms with van der Waals surface area (Å²) < 4.78 is 0. The Morgan fingerprint density at radius 1 is 1.07 bits per heavy atom. The fourth-order valence-corrected chi connectivity index (χ4v) is 4.32. The van der Waals surface area contributed by atoms with Crippen LogP contribution >= 0.6 is 0 Å². The average molecular weight is 375 g/mol. The van der Waals surface area contributed by atoms with Gasteiger partial charge in [0.25, 0.3) is 5.91 Å². The molecule has 0 aliphatic carbocycles. The van der Waals surface area contributed by atoms with E-state index in [0.717, 1.165) is 27.7 Å². The molecular weight excluding hydrogens is 350 g/mol. The number of nitrogens with one attached hydrogen (secondary N) is 1. The number of hydrogen-bond donors (Lipinski definition) is 1. The van der Waals surface area contributed by atoms with Gasteiger partial charge in [-0.1, -0.05) is 36.4 Å². The summed E-state index contributed by atoms with van der Waals surface area (Å²) in [7, 11) is 0. The lowest BCUT2D eigenvalue weighted by molar-refractivity contribution is -0.131. The van der Waals surface area contributed by atoms with Crippen LogP contribution in [0, 0.1) is 6.92 Å². The number of carbonyl (C=O) groups excluding carboxylic acids is 2. The first-order valence-corrected chi connectivity index (χ1v) is 9.81. The Balaban J connectivity index is 1.84. The standard InChI is InChI=1S/C23H25N3O2/c1-4-25(5-2)20(27)14-26-22(16-10-6-7-11-17(16)23(26)28)21-15(3)24-19-13-9-8-12-18(19)21/h6-13,22,24H,4-5,14H2,1-3H3/t22-/m0/s1. The Kier molecular flexibility index (Phi) is 4.67. The first-order valence-electron chi connectivity index (χ1n) is 9.81. The molecule has 28 heavy (non-hydrogen) atoms. The zero-order valence-corrected chi connectivity index (χ0v) is 16.5. The lowest BCUT2D eigenvalue weighted by atomic mass is 9.95. The maximum absolute atomic E-state index is 13.2. The summed E-state index contributed by atoms with van der Waals surface area (Å²) in [5.41, 5.74) is 4.79. The van der Waals surface area contributed by atoms with Crippen molar-refractivity contribution in [3.63, 3.8) is 0 Å². The Bertz CT molecular complexity index is 1050. The van der Waals surface area contributed by atoms with Crippen molar-refractivity contribution in [2.45, 2.75) is 26.8 Å². The molecule has 2 aromatic carbocycles. The second-order valence-corrected chi connectivity index (χ2v) is 7.20. The number of carbonyl (C=O) groups is 2. The zero-order chi connectivity index (χ0) is 19.8. The fraction of sp³-hybridized carbons (Fsp3) is 0.304. The number of aromatic nitrogens is 1. The van der Waals surface area contributed by atoms with Gasteiger partial charge in [0.15, 0.2) is 0 Å². The summed E-state index contributed by atoms with van der Waals surface area (Å²) in [5, 5.41) is 1.09. The Labute approximate surface area is 165 Å². The molecule has 0 saturated carbocycles. The molecular formula is C23H25N3O2. The van der Waals surface area contributed by atoms with Crippen LogP contribution in [0.2, 0.25) is 0 Å². The minimum Gasteiger partial charge on any atom is -0.358 e. The molecule has 1 N–H and O–H groups in total. The molecule has 1 aliphatic heterocycles. The highest BCUT2D eigenvalue weighted by molar-refractivity contribution is 6.02. The topological polar surface area (TPSA) is 56.4 Å². The van der Waals surface area contributed by atoms with Crippen LogP contribution in [0.4, 0.5) is 0 Å². The fourth-order valence-electron chi connectivity index (χ4n) is 4.32. The number of benzene rings is 2. The van der Waals surface area contributed by atoms with Gasteiger partial charge in [0.1, 0.15) is 6.54 Å². The van der Waals surface area contributed by atoms with Crippen molar-refractivity contribution < 1.29 is 9.59 Å². The maximum atomic E-state index is 13.2. The van der Waals surface area contributed by atoms with Crippen LogP contribution in [0.15, 0.2) is 48.5 Å². The quantitative estimate of drug-likeness (QED) is 0.735. The molecule has 3 aromatic rings. The molecule has 0 unspecified atom stereocenters. The molecule has 0 saturated heterocycles. The number of hydrogen-bond acceptors (Lipinski definition) is 2. The number of fused-ring (bicyclic) bond motifs is 2. The van der Waals surface area contributed by atoms with Crippen LogP contribution < -0.4 is 0 Å². The van der Waals surface area contributed by atoms with Gasteiger partial charge in [-0.15, -0.1) is 0 Å². The minimum atomic E-state index is -0.264. The number of H-pyrrole nitrogens is 1. The third kappa shape index (κ3) is 2.78. The normalized spacial score (nSPS) is 15.9. The van der Waals surface area contributed by atoms with Crippen molar-refractivity contribution in [2.75, 3.05) is 19.6 Å². The van der Waals surface area contributed by atoms with Crippen LogP contribution in [0.3, 0.4) is 0 Å². The van der Waals surface area contributed by atoms with Crippen LogP contribution in [-0.4, -0.2) is 46.2 Å². The summed E-state index contributed by atoms with van der Waals surface area (Å²) in [6, 6.07) is 15.6. The molecule has 144 valence electrons. The summed E-state index contributed by atoms with van der Waals surface area (Å²) in [6.07, 6.45) is 0.